The van der Waals surface area contributed by atoms with E-state index in [1.54, 1.807) is 14.0 Å². The van der Waals surface area contributed by atoms with E-state index < -0.39 is 0 Å². The Morgan fingerprint density at radius 1 is 1.16 bits per heavy atom. The van der Waals surface area contributed by atoms with Gasteiger partial charge in [-0.25, -0.2) is 4.79 Å². The van der Waals surface area contributed by atoms with E-state index in [1.807, 2.05) is 31.2 Å². The molecular formula is C18H24N4O3. The third kappa shape index (κ3) is 3.31. The zero-order valence-corrected chi connectivity index (χ0v) is 14.5. The summed E-state index contributed by atoms with van der Waals surface area (Å²) in [6, 6.07) is 7.65. The molecule has 0 aliphatic carbocycles. The lowest BCUT2D eigenvalue weighted by Crippen LogP contribution is -2.33. The topological polar surface area (TPSA) is 90.3 Å². The molecule has 7 heteroatoms. The average molecular weight is 344 g/mol. The van der Waals surface area contributed by atoms with Crippen molar-refractivity contribution in [3.05, 3.63) is 34.7 Å². The fraction of sp³-hybridized carbons (Fsp3) is 0.500. The van der Waals surface area contributed by atoms with Crippen molar-refractivity contribution in [2.75, 3.05) is 13.1 Å². The Morgan fingerprint density at radius 2 is 1.80 bits per heavy atom. The van der Waals surface area contributed by atoms with Gasteiger partial charge in [0, 0.05) is 32.6 Å². The molecule has 134 valence electrons. The highest BCUT2D eigenvalue weighted by molar-refractivity contribution is 5.81. The second kappa shape index (κ2) is 7.13. The molecule has 1 fully saturated rings. The van der Waals surface area contributed by atoms with Gasteiger partial charge in [-0.05, 0) is 25.0 Å². The number of carbonyl (C=O) groups is 2. The molecule has 2 amide bonds. The number of nitrogens with zero attached hydrogens (tertiary/aromatic N) is 3. The molecule has 2 heterocycles. The summed E-state index contributed by atoms with van der Waals surface area (Å²) in [6.45, 7) is 3.98. The normalized spacial score (nSPS) is 17.3. The SMILES string of the molecule is CCCn1c(=O)n(CCC(=O)N2CCC(C(N)=O)C2)c2ccccc21. The lowest BCUT2D eigenvalue weighted by atomic mass is 10.1. The number of aromatic nitrogens is 2. The first-order chi connectivity index (χ1) is 12.0. The molecule has 1 aromatic heterocycles. The summed E-state index contributed by atoms with van der Waals surface area (Å²) < 4.78 is 3.43. The van der Waals surface area contributed by atoms with Crippen LogP contribution in [-0.4, -0.2) is 38.9 Å². The number of hydrogen-bond acceptors (Lipinski definition) is 3. The Kier molecular flexibility index (Phi) is 4.92. The van der Waals surface area contributed by atoms with Gasteiger partial charge >= 0.3 is 5.69 Å². The first kappa shape index (κ1) is 17.3. The molecule has 1 unspecified atom stereocenters. The van der Waals surface area contributed by atoms with Crippen LogP contribution in [-0.2, 0) is 22.7 Å². The number of para-hydroxylation sites is 2. The second-order valence-corrected chi connectivity index (χ2v) is 6.55. The maximum Gasteiger partial charge on any atom is 0.329 e. The quantitative estimate of drug-likeness (QED) is 0.845. The van der Waals surface area contributed by atoms with Gasteiger partial charge in [0.1, 0.15) is 0 Å². The summed E-state index contributed by atoms with van der Waals surface area (Å²) in [6.07, 6.45) is 1.73. The van der Waals surface area contributed by atoms with Gasteiger partial charge in [-0.2, -0.15) is 0 Å². The van der Waals surface area contributed by atoms with Crippen molar-refractivity contribution in [2.45, 2.75) is 39.3 Å². The standard InChI is InChI=1S/C18H24N4O3/c1-2-9-21-14-5-3-4-6-15(14)22(18(21)25)11-8-16(23)20-10-7-13(12-20)17(19)24/h3-6,13H,2,7-12H2,1H3,(H2,19,24). The number of likely N-dealkylation sites (tertiary alicyclic amines) is 1. The van der Waals surface area contributed by atoms with Crippen LogP contribution in [0.5, 0.6) is 0 Å². The number of aryl methyl sites for hydroxylation is 2. The molecule has 2 aromatic rings. The van der Waals surface area contributed by atoms with Crippen molar-refractivity contribution in [1.82, 2.24) is 14.0 Å². The summed E-state index contributed by atoms with van der Waals surface area (Å²) in [5.41, 5.74) is 6.99. The Balaban J connectivity index is 1.75. The Hall–Kier alpha value is -2.57. The Morgan fingerprint density at radius 3 is 2.36 bits per heavy atom. The number of nitrogens with two attached hydrogens (primary N) is 1. The Bertz CT molecular complexity index is 852. The number of carbonyl (C=O) groups excluding carboxylic acids is 2. The summed E-state index contributed by atoms with van der Waals surface area (Å²) >= 11 is 0. The predicted octanol–water partition coefficient (Wildman–Crippen LogP) is 0.937. The van der Waals surface area contributed by atoms with E-state index in [9.17, 15) is 14.4 Å². The molecule has 7 nitrogen and oxygen atoms in total. The van der Waals surface area contributed by atoms with Gasteiger partial charge in [-0.15, -0.1) is 0 Å². The molecule has 0 radical (unpaired) electrons. The molecule has 0 spiro atoms. The number of benzene rings is 1. The number of amides is 2. The minimum Gasteiger partial charge on any atom is -0.369 e. The molecule has 25 heavy (non-hydrogen) atoms. The fourth-order valence-corrected chi connectivity index (χ4v) is 3.51. The average Bonchev–Trinajstić information content (AvgIpc) is 3.19. The van der Waals surface area contributed by atoms with Crippen LogP contribution >= 0.6 is 0 Å². The molecule has 0 bridgehead atoms. The van der Waals surface area contributed by atoms with Crippen molar-refractivity contribution in [3.8, 4) is 0 Å². The monoisotopic (exact) mass is 344 g/mol. The van der Waals surface area contributed by atoms with Crippen LogP contribution < -0.4 is 11.4 Å². The number of primary amides is 1. The maximum absolute atomic E-state index is 12.7. The smallest absolute Gasteiger partial charge is 0.329 e. The van der Waals surface area contributed by atoms with Gasteiger partial charge in [0.2, 0.25) is 11.8 Å². The number of imidazole rings is 1. The van der Waals surface area contributed by atoms with E-state index in [1.165, 1.54) is 0 Å². The van der Waals surface area contributed by atoms with Crippen LogP contribution in [0.1, 0.15) is 26.2 Å². The summed E-state index contributed by atoms with van der Waals surface area (Å²) in [5.74, 6) is -0.643. The summed E-state index contributed by atoms with van der Waals surface area (Å²) in [4.78, 5) is 38.0. The molecule has 1 atom stereocenters. The third-order valence-electron chi connectivity index (χ3n) is 4.86. The van der Waals surface area contributed by atoms with Crippen LogP contribution in [0.4, 0.5) is 0 Å². The van der Waals surface area contributed by atoms with E-state index in [4.69, 9.17) is 5.73 Å². The van der Waals surface area contributed by atoms with Crippen molar-refractivity contribution >= 4 is 22.8 Å². The summed E-state index contributed by atoms with van der Waals surface area (Å²) in [7, 11) is 0. The van der Waals surface area contributed by atoms with E-state index in [-0.39, 0.29) is 29.8 Å². The van der Waals surface area contributed by atoms with E-state index >= 15 is 0 Å². The highest BCUT2D eigenvalue weighted by Gasteiger charge is 2.29. The number of hydrogen-bond donors (Lipinski definition) is 1. The van der Waals surface area contributed by atoms with Crippen molar-refractivity contribution < 1.29 is 9.59 Å². The minimum absolute atomic E-state index is 0.0389. The van der Waals surface area contributed by atoms with Crippen LogP contribution in [0.3, 0.4) is 0 Å². The highest BCUT2D eigenvalue weighted by atomic mass is 16.2. The van der Waals surface area contributed by atoms with Gasteiger partial charge < -0.3 is 10.6 Å². The van der Waals surface area contributed by atoms with Gasteiger partial charge in [0.15, 0.2) is 0 Å². The molecule has 1 aliphatic rings. The lowest BCUT2D eigenvalue weighted by Gasteiger charge is -2.16. The molecule has 1 aromatic carbocycles. The molecular weight excluding hydrogens is 320 g/mol. The first-order valence-corrected chi connectivity index (χ1v) is 8.78. The highest BCUT2D eigenvalue weighted by Crippen LogP contribution is 2.18. The molecule has 0 saturated carbocycles. The van der Waals surface area contributed by atoms with Gasteiger partial charge in [0.25, 0.3) is 0 Å². The third-order valence-corrected chi connectivity index (χ3v) is 4.86. The fourth-order valence-electron chi connectivity index (χ4n) is 3.51. The zero-order valence-electron chi connectivity index (χ0n) is 14.5. The maximum atomic E-state index is 12.7. The summed E-state index contributed by atoms with van der Waals surface area (Å²) in [5, 5.41) is 0. The second-order valence-electron chi connectivity index (χ2n) is 6.55. The largest absolute Gasteiger partial charge is 0.369 e. The van der Waals surface area contributed by atoms with Gasteiger partial charge in [0.05, 0.1) is 17.0 Å². The number of fused-ring (bicyclic) bond motifs is 1. The Labute approximate surface area is 146 Å². The minimum atomic E-state index is -0.353. The van der Waals surface area contributed by atoms with Crippen molar-refractivity contribution in [3.63, 3.8) is 0 Å². The molecule has 1 saturated heterocycles. The zero-order chi connectivity index (χ0) is 18.0. The van der Waals surface area contributed by atoms with Gasteiger partial charge in [-0.3, -0.25) is 18.7 Å². The van der Waals surface area contributed by atoms with Crippen LogP contribution in [0.2, 0.25) is 0 Å². The first-order valence-electron chi connectivity index (χ1n) is 8.78. The predicted molar refractivity (Wildman–Crippen MR) is 95.0 cm³/mol. The van der Waals surface area contributed by atoms with Crippen LogP contribution in [0, 0.1) is 5.92 Å². The van der Waals surface area contributed by atoms with Crippen LogP contribution in [0.15, 0.2) is 29.1 Å². The van der Waals surface area contributed by atoms with Gasteiger partial charge in [-0.1, -0.05) is 19.1 Å². The molecule has 3 rings (SSSR count). The van der Waals surface area contributed by atoms with Crippen molar-refractivity contribution in [1.29, 1.82) is 0 Å². The van der Waals surface area contributed by atoms with Crippen molar-refractivity contribution in [2.24, 2.45) is 11.7 Å². The van der Waals surface area contributed by atoms with Crippen LogP contribution in [0.25, 0.3) is 11.0 Å². The molecule has 1 aliphatic heterocycles. The van der Waals surface area contributed by atoms with E-state index in [0.29, 0.717) is 32.6 Å². The van der Waals surface area contributed by atoms with E-state index in [2.05, 4.69) is 0 Å². The number of rotatable bonds is 6. The lowest BCUT2D eigenvalue weighted by molar-refractivity contribution is -0.130. The molecule has 2 N–H and O–H groups in total. The van der Waals surface area contributed by atoms with E-state index in [0.717, 1.165) is 17.5 Å².